The van der Waals surface area contributed by atoms with Crippen LogP contribution in [0.25, 0.3) is 43.9 Å². The molecule has 0 saturated carbocycles. The second-order valence-corrected chi connectivity index (χ2v) is 37.6. The van der Waals surface area contributed by atoms with Crippen molar-refractivity contribution < 1.29 is 123 Å². The predicted octanol–water partition coefficient (Wildman–Crippen LogP) is 10.7. The number of ether oxygens (including phenoxy) is 5. The van der Waals surface area contributed by atoms with E-state index >= 15 is 0 Å². The molecule has 738 valence electrons. The fourth-order valence-corrected chi connectivity index (χ4v) is 19.6. The zero-order valence-electron chi connectivity index (χ0n) is 80.2. The Bertz CT molecular complexity index is 7300. The van der Waals surface area contributed by atoms with Crippen LogP contribution < -0.4 is 40.2 Å². The summed E-state index contributed by atoms with van der Waals surface area (Å²) in [5.74, 6) is -1.70. The Morgan fingerprint density at radius 2 is 0.636 bits per heavy atom. The summed E-state index contributed by atoms with van der Waals surface area (Å²) in [5, 5.41) is 21.7. The Morgan fingerprint density at radius 1 is 0.364 bits per heavy atom. The van der Waals surface area contributed by atoms with E-state index in [1.807, 2.05) is 43.3 Å². The molecule has 0 bridgehead atoms. The molecule has 0 radical (unpaired) electrons. The number of fused-ring (bicyclic) bond motifs is 8. The predicted molar refractivity (Wildman–Crippen MR) is 514 cm³/mol. The van der Waals surface area contributed by atoms with Crippen LogP contribution in [0, 0.1) is 0 Å². The zero-order valence-corrected chi connectivity index (χ0v) is 80.2. The summed E-state index contributed by atoms with van der Waals surface area (Å²) in [5.41, 5.74) is 3.45. The third kappa shape index (κ3) is 19.4. The minimum atomic E-state index is -1.39. The van der Waals surface area contributed by atoms with E-state index in [1.165, 1.54) is 33.3 Å². The number of rotatable bonds is 31. The molecule has 0 spiro atoms. The molecule has 4 aromatic heterocycles. The van der Waals surface area contributed by atoms with Crippen molar-refractivity contribution in [3.63, 3.8) is 0 Å². The van der Waals surface area contributed by atoms with Crippen molar-refractivity contribution in [1.82, 2.24) is 50.7 Å². The highest BCUT2D eigenvalue weighted by Gasteiger charge is 2.58. The average molecular weight is 1950 g/mol. The van der Waals surface area contributed by atoms with Gasteiger partial charge in [-0.3, -0.25) is 98.0 Å². The van der Waals surface area contributed by atoms with Gasteiger partial charge in [0.2, 0.25) is 47.3 Å². The van der Waals surface area contributed by atoms with E-state index in [-0.39, 0.29) is 122 Å². The smallest absolute Gasteiger partial charge is 0.254 e. The van der Waals surface area contributed by atoms with Crippen LogP contribution >= 0.6 is 0 Å². The minimum absolute atomic E-state index is 0.0149. The number of Topliss-reactive ketones (excluding diaryl/α,β-unsaturated/α-hetero) is 3. The Labute approximate surface area is 818 Å². The van der Waals surface area contributed by atoms with Crippen molar-refractivity contribution in [2.75, 3.05) is 103 Å². The van der Waals surface area contributed by atoms with E-state index in [9.17, 15) is 81.8 Å². The molecule has 13 amide bonds. The van der Waals surface area contributed by atoms with Gasteiger partial charge in [0, 0.05) is 165 Å². The summed E-state index contributed by atoms with van der Waals surface area (Å²) in [4.78, 5) is 214. The van der Waals surface area contributed by atoms with E-state index in [0.717, 1.165) is 35.2 Å². The summed E-state index contributed by atoms with van der Waals surface area (Å²) >= 11 is 0. The molecule has 12 heterocycles. The molecule has 20 rings (SSSR count). The number of amides is 13. The molecule has 0 unspecified atom stereocenters. The molecular weight excluding hydrogens is 1840 g/mol. The molecule has 0 aliphatic carbocycles. The van der Waals surface area contributed by atoms with Crippen LogP contribution in [0.3, 0.4) is 0 Å². The van der Waals surface area contributed by atoms with Gasteiger partial charge in [-0.25, -0.2) is 0 Å². The Balaban J connectivity index is 0.000000131. The number of furan rings is 4. The van der Waals surface area contributed by atoms with Gasteiger partial charge in [0.1, 0.15) is 90.0 Å². The van der Waals surface area contributed by atoms with Gasteiger partial charge in [-0.2, -0.15) is 0 Å². The van der Waals surface area contributed by atoms with Crippen LogP contribution in [0.2, 0.25) is 0 Å². The van der Waals surface area contributed by atoms with Crippen molar-refractivity contribution in [3.05, 3.63) is 260 Å². The quantitative estimate of drug-likeness (QED) is 0.0153. The van der Waals surface area contributed by atoms with Crippen molar-refractivity contribution in [1.29, 1.82) is 0 Å². The number of aliphatic hydroxyl groups excluding tert-OH is 1. The van der Waals surface area contributed by atoms with Crippen LogP contribution in [0.15, 0.2) is 188 Å². The zero-order chi connectivity index (χ0) is 102. The van der Waals surface area contributed by atoms with Crippen molar-refractivity contribution in [2.24, 2.45) is 0 Å². The summed E-state index contributed by atoms with van der Waals surface area (Å²) in [6.45, 7) is 4.06. The summed E-state index contributed by atoms with van der Waals surface area (Å²) in [6, 6.07) is 48.3. The van der Waals surface area contributed by atoms with Crippen molar-refractivity contribution in [3.8, 4) is 23.0 Å². The molecule has 4 fully saturated rings. The number of aliphatic hydroxyl groups is 1. The topological polar surface area (TPSA) is 460 Å². The molecular formula is C107H104N10O26. The molecule has 8 aliphatic heterocycles. The van der Waals surface area contributed by atoms with Crippen molar-refractivity contribution >= 4 is 138 Å². The lowest BCUT2D eigenvalue weighted by Gasteiger charge is -2.28. The third-order valence-electron chi connectivity index (χ3n) is 27.4. The number of benzene rings is 8. The first-order valence-electron chi connectivity index (χ1n) is 46.5. The number of imide groups is 4. The molecule has 36 nitrogen and oxygen atoms in total. The number of hydrogen-bond donors (Lipinski definition) is 5. The SMILES string of the molecule is COCCCC(=O)c1ccc2cc([C@]3(CN4Cc5ccc(OC)cc5C4=O)CC(=O)NC3=O)oc2c1.COc1ccc2c(c1)C(=O)N(C[C@@]1(c3cc4ccc(C(=O)CCCN(C)C)cc4o3)CC(=O)NC1=O)C2.COc1ccc2c(c1)C(=O)N(C[C@@]1(c3cc4ccc(C(=O)CC[C@H](C)O)cc4o3)CC(=O)NC1=O)C2.COc1ccc2c(c1)C(=O)N(C[C@@]1(c3cc4ccc(C(=O)N(C)C)cc4o3)CC(=O)NC1=O)C2. The highest BCUT2D eigenvalue weighted by atomic mass is 16.5. The van der Waals surface area contributed by atoms with E-state index in [1.54, 1.807) is 193 Å². The first-order valence-corrected chi connectivity index (χ1v) is 46.5. The fourth-order valence-electron chi connectivity index (χ4n) is 19.6. The van der Waals surface area contributed by atoms with Gasteiger partial charge < -0.3 is 75.9 Å². The normalized spacial score (nSPS) is 19.5. The Morgan fingerprint density at radius 3 is 0.888 bits per heavy atom. The minimum Gasteiger partial charge on any atom is -0.497 e. The lowest BCUT2D eigenvalue weighted by atomic mass is 9.82. The van der Waals surface area contributed by atoms with Gasteiger partial charge >= 0.3 is 0 Å². The molecule has 36 heteroatoms. The highest BCUT2D eigenvalue weighted by Crippen LogP contribution is 2.46. The van der Waals surface area contributed by atoms with Crippen LogP contribution in [-0.4, -0.2) is 238 Å². The van der Waals surface area contributed by atoms with Gasteiger partial charge in [-0.1, -0.05) is 66.7 Å². The molecule has 8 aliphatic rings. The maximum atomic E-state index is 13.2. The van der Waals surface area contributed by atoms with Crippen LogP contribution in [0.5, 0.6) is 23.0 Å². The third-order valence-corrected chi connectivity index (χ3v) is 27.4. The number of ketones is 3. The van der Waals surface area contributed by atoms with E-state index in [0.29, 0.717) is 176 Å². The van der Waals surface area contributed by atoms with Gasteiger partial charge in [0.05, 0.1) is 60.2 Å². The highest BCUT2D eigenvalue weighted by molar-refractivity contribution is 6.14. The van der Waals surface area contributed by atoms with Crippen LogP contribution in [0.4, 0.5) is 0 Å². The first kappa shape index (κ1) is 98.5. The number of nitrogens with one attached hydrogen (secondary N) is 4. The van der Waals surface area contributed by atoms with E-state index in [4.69, 9.17) is 41.4 Å². The van der Waals surface area contributed by atoms with Crippen molar-refractivity contribution in [2.45, 2.75) is 125 Å². The Kier molecular flexibility index (Phi) is 27.5. The number of carbonyl (C=O) groups excluding carboxylic acids is 16. The average Bonchev–Trinajstić information content (AvgIpc) is 1.60. The van der Waals surface area contributed by atoms with Crippen LogP contribution in [0.1, 0.15) is 199 Å². The molecule has 4 saturated heterocycles. The van der Waals surface area contributed by atoms with Gasteiger partial charge in [-0.15, -0.1) is 0 Å². The lowest BCUT2D eigenvalue weighted by Crippen LogP contribution is -2.46. The monoisotopic (exact) mass is 1940 g/mol. The van der Waals surface area contributed by atoms with E-state index < -0.39 is 75.0 Å². The number of carbonyl (C=O) groups is 16. The molecule has 5 N–H and O–H groups in total. The largest absolute Gasteiger partial charge is 0.497 e. The summed E-state index contributed by atoms with van der Waals surface area (Å²) < 4.78 is 50.3. The molecule has 143 heavy (non-hydrogen) atoms. The maximum absolute atomic E-state index is 13.2. The molecule has 12 aromatic rings. The lowest BCUT2D eigenvalue weighted by molar-refractivity contribution is -0.128. The Hall–Kier alpha value is -16.1. The van der Waals surface area contributed by atoms with E-state index in [2.05, 4.69) is 21.3 Å². The standard InChI is InChI=1S/C28H29N3O6.2C27H26N2O7.C25H23N3O6/c1-30(2)10-4-5-22(32)17-6-7-18-12-24(37-23(18)11-17)28(14-25(33)29-27(28)35)16-31-15-19-8-9-20(36-3)13-21(19)26(31)34;1-15(30)3-8-21(31)16-4-5-17-10-23(36-22(17)9-16)27(12-24(32)28-26(27)34)14-29-13-18-6-7-19(35-2)11-20(18)25(29)33;1-34-9-3-4-21(30)16-5-6-17-11-23(36-22(17)10-16)27(13-24(31)28-26(27)33)15-29-14-18-7-8-19(35-2)12-20(18)25(29)32;1-27(2)22(30)15-5-4-14-9-20(34-19(14)8-15)25(11-21(29)26-24(25)32)13-28-12-16-6-7-17(33-3)10-18(16)23(28)31/h6-9,11-13H,4-5,10,14-16H2,1-3H3,(H,29,33,35);4-7,9-11,15,30H,3,8,12-14H2,1-2H3,(H,28,32,34);5-8,10-12H,3-4,9,13-15H2,1-2H3,(H,28,31,33);4-10H,11-13H2,1-3H3,(H,26,29,32)/t28-;15-,27+;27-;25-/m1011/s1. The van der Waals surface area contributed by atoms with Gasteiger partial charge in [-0.05, 0) is 172 Å². The number of hydrogen-bond acceptors (Lipinski definition) is 27. The summed E-state index contributed by atoms with van der Waals surface area (Å²) in [7, 11) is 14.9. The number of nitrogens with zero attached hydrogens (tertiary/aromatic N) is 6. The van der Waals surface area contributed by atoms with Crippen LogP contribution in [-0.2, 0) is 90.9 Å². The molecule has 5 atom stereocenters. The fraction of sp³-hybridized carbons (Fsp3) is 0.327. The van der Waals surface area contributed by atoms with Gasteiger partial charge in [0.25, 0.3) is 29.5 Å². The van der Waals surface area contributed by atoms with Gasteiger partial charge in [0.15, 0.2) is 17.3 Å². The summed E-state index contributed by atoms with van der Waals surface area (Å²) in [6.07, 6.45) is 1.51. The maximum Gasteiger partial charge on any atom is 0.254 e. The second kappa shape index (κ2) is 39.9. The molecule has 8 aromatic carbocycles. The number of methoxy groups -OCH3 is 5. The second-order valence-electron chi connectivity index (χ2n) is 37.6. The first-order chi connectivity index (χ1) is 68.4.